The van der Waals surface area contributed by atoms with Crippen LogP contribution in [0.5, 0.6) is 23.0 Å². The number of carbonyl (C=O) groups is 2. The van der Waals surface area contributed by atoms with Crippen molar-refractivity contribution in [3.8, 4) is 23.0 Å². The number of esters is 1. The van der Waals surface area contributed by atoms with Crippen LogP contribution in [0.15, 0.2) is 47.5 Å². The normalized spacial score (nSPS) is 16.2. The topological polar surface area (TPSA) is 83.5 Å². The lowest BCUT2D eigenvalue weighted by atomic mass is 9.94. The molecule has 192 valence electrons. The predicted octanol–water partition coefficient (Wildman–Crippen LogP) is 4.03. The third-order valence-corrected chi connectivity index (χ3v) is 5.81. The van der Waals surface area contributed by atoms with Crippen LogP contribution in [0.2, 0.25) is 0 Å². The maximum Gasteiger partial charge on any atom is 0.307 e. The lowest BCUT2D eigenvalue weighted by molar-refractivity contribution is -0.143. The predicted molar refractivity (Wildman–Crippen MR) is 138 cm³/mol. The third kappa shape index (κ3) is 6.66. The first-order chi connectivity index (χ1) is 17.4. The quantitative estimate of drug-likeness (QED) is 0.361. The van der Waals surface area contributed by atoms with Crippen molar-refractivity contribution in [1.29, 1.82) is 0 Å². The van der Waals surface area contributed by atoms with Crippen LogP contribution < -0.4 is 18.9 Å². The van der Waals surface area contributed by atoms with E-state index in [1.165, 1.54) is 0 Å². The molecule has 36 heavy (non-hydrogen) atoms. The van der Waals surface area contributed by atoms with E-state index in [2.05, 4.69) is 4.90 Å². The van der Waals surface area contributed by atoms with E-state index in [4.69, 9.17) is 23.7 Å². The van der Waals surface area contributed by atoms with Crippen molar-refractivity contribution < 1.29 is 33.3 Å². The molecule has 0 radical (unpaired) electrons. The Morgan fingerprint density at radius 3 is 1.69 bits per heavy atom. The minimum Gasteiger partial charge on any atom is -0.493 e. The number of ether oxygens (including phenoxy) is 5. The number of likely N-dealkylation sites (tertiary alicyclic amines) is 1. The van der Waals surface area contributed by atoms with Crippen molar-refractivity contribution in [1.82, 2.24) is 4.90 Å². The van der Waals surface area contributed by atoms with Gasteiger partial charge in [0.2, 0.25) is 0 Å². The molecule has 0 atom stereocenters. The molecule has 1 fully saturated rings. The summed E-state index contributed by atoms with van der Waals surface area (Å²) in [5, 5.41) is 0. The minimum absolute atomic E-state index is 0.0491. The largest absolute Gasteiger partial charge is 0.493 e. The average Bonchev–Trinajstić information content (AvgIpc) is 2.89. The van der Waals surface area contributed by atoms with Gasteiger partial charge in [-0.25, -0.2) is 0 Å². The number of Topliss-reactive ketones (excluding diaryl/α,β-unsaturated/α-hetero) is 1. The number of piperidine rings is 1. The molecule has 0 bridgehead atoms. The zero-order valence-corrected chi connectivity index (χ0v) is 21.5. The number of carbonyl (C=O) groups excluding carboxylic acids is 2. The highest BCUT2D eigenvalue weighted by atomic mass is 16.5. The van der Waals surface area contributed by atoms with Crippen LogP contribution in [0.1, 0.15) is 24.5 Å². The molecule has 0 aromatic heterocycles. The number of methoxy groups -OCH3 is 4. The van der Waals surface area contributed by atoms with Gasteiger partial charge in [-0.3, -0.25) is 14.5 Å². The molecule has 1 saturated heterocycles. The zero-order valence-electron chi connectivity index (χ0n) is 21.5. The fourth-order valence-electron chi connectivity index (χ4n) is 4.04. The fourth-order valence-corrected chi connectivity index (χ4v) is 4.04. The Balaban J connectivity index is 1.96. The number of hydrogen-bond donors (Lipinski definition) is 0. The smallest absolute Gasteiger partial charge is 0.307 e. The van der Waals surface area contributed by atoms with Crippen LogP contribution in [-0.2, 0) is 14.3 Å². The summed E-state index contributed by atoms with van der Waals surface area (Å²) in [4.78, 5) is 27.5. The van der Waals surface area contributed by atoms with Crippen molar-refractivity contribution in [2.24, 2.45) is 0 Å². The SMILES string of the molecule is CCOC(=O)CCN1C/C(=C\c2ccc(OC)c(OC)c2)C(=O)/C(=C/c2ccc(OC)c(OC)c2)C1. The van der Waals surface area contributed by atoms with Gasteiger partial charge in [-0.05, 0) is 54.5 Å². The highest BCUT2D eigenvalue weighted by Crippen LogP contribution is 2.31. The molecule has 0 aliphatic carbocycles. The zero-order chi connectivity index (χ0) is 26.1. The number of rotatable bonds is 10. The fraction of sp³-hybridized carbons (Fsp3) is 0.357. The highest BCUT2D eigenvalue weighted by Gasteiger charge is 2.27. The summed E-state index contributed by atoms with van der Waals surface area (Å²) in [5.74, 6) is 2.07. The monoisotopic (exact) mass is 495 g/mol. The summed E-state index contributed by atoms with van der Waals surface area (Å²) in [6, 6.07) is 11.0. The maximum absolute atomic E-state index is 13.5. The van der Waals surface area contributed by atoms with Gasteiger partial charge in [0.05, 0.1) is 41.5 Å². The number of ketones is 1. The number of benzene rings is 2. The molecule has 1 aliphatic rings. The van der Waals surface area contributed by atoms with Crippen LogP contribution in [-0.4, -0.2) is 71.3 Å². The lowest BCUT2D eigenvalue weighted by Gasteiger charge is -2.29. The molecule has 0 spiro atoms. The number of nitrogens with zero attached hydrogens (tertiary/aromatic N) is 1. The van der Waals surface area contributed by atoms with Crippen LogP contribution in [0.25, 0.3) is 12.2 Å². The van der Waals surface area contributed by atoms with Crippen molar-refractivity contribution in [3.05, 3.63) is 58.7 Å². The standard InChI is InChI=1S/C28H33NO7/c1-6-36-27(30)11-12-29-17-21(13-19-7-9-23(32-2)25(15-19)34-4)28(31)22(18-29)14-20-8-10-24(33-3)26(16-20)35-5/h7-10,13-16H,6,11-12,17-18H2,1-5H3/b21-13+,22-14+. The van der Waals surface area contributed by atoms with Crippen molar-refractivity contribution in [3.63, 3.8) is 0 Å². The van der Waals surface area contributed by atoms with E-state index in [1.54, 1.807) is 47.5 Å². The summed E-state index contributed by atoms with van der Waals surface area (Å²) in [7, 11) is 6.30. The molecule has 0 unspecified atom stereocenters. The van der Waals surface area contributed by atoms with Gasteiger partial charge in [-0.15, -0.1) is 0 Å². The van der Waals surface area contributed by atoms with Gasteiger partial charge in [0.15, 0.2) is 28.8 Å². The van der Waals surface area contributed by atoms with Gasteiger partial charge in [0.25, 0.3) is 0 Å². The van der Waals surface area contributed by atoms with Crippen molar-refractivity contribution in [2.45, 2.75) is 13.3 Å². The maximum atomic E-state index is 13.5. The van der Waals surface area contributed by atoms with Gasteiger partial charge < -0.3 is 23.7 Å². The Bertz CT molecular complexity index is 1080. The molecule has 8 heteroatoms. The summed E-state index contributed by atoms with van der Waals surface area (Å²) in [6.07, 6.45) is 3.95. The molecule has 2 aromatic carbocycles. The third-order valence-electron chi connectivity index (χ3n) is 5.81. The van der Waals surface area contributed by atoms with Gasteiger partial charge >= 0.3 is 5.97 Å². The van der Waals surface area contributed by atoms with Gasteiger partial charge in [-0.1, -0.05) is 12.1 Å². The van der Waals surface area contributed by atoms with Crippen molar-refractivity contribution >= 4 is 23.9 Å². The summed E-state index contributed by atoms with van der Waals surface area (Å²) in [5.41, 5.74) is 2.86. The molecule has 0 N–H and O–H groups in total. The molecular weight excluding hydrogens is 462 g/mol. The Hall–Kier alpha value is -3.78. The van der Waals surface area contributed by atoms with Gasteiger partial charge in [0, 0.05) is 30.8 Å². The molecule has 8 nitrogen and oxygen atoms in total. The molecule has 1 aliphatic heterocycles. The Labute approximate surface area is 212 Å². The molecule has 2 aromatic rings. The minimum atomic E-state index is -0.259. The Morgan fingerprint density at radius 2 is 1.28 bits per heavy atom. The summed E-state index contributed by atoms with van der Waals surface area (Å²) in [6.45, 7) is 3.42. The van der Waals surface area contributed by atoms with Crippen LogP contribution in [0, 0.1) is 0 Å². The first kappa shape index (κ1) is 26.8. The van der Waals surface area contributed by atoms with E-state index in [1.807, 2.05) is 36.4 Å². The van der Waals surface area contributed by atoms with E-state index in [-0.39, 0.29) is 18.2 Å². The highest BCUT2D eigenvalue weighted by molar-refractivity contribution is 6.14. The van der Waals surface area contributed by atoms with E-state index in [0.717, 1.165) is 11.1 Å². The summed E-state index contributed by atoms with van der Waals surface area (Å²) < 4.78 is 26.5. The van der Waals surface area contributed by atoms with Gasteiger partial charge in [-0.2, -0.15) is 0 Å². The second kappa shape index (κ2) is 12.8. The number of hydrogen-bond acceptors (Lipinski definition) is 8. The Kier molecular flexibility index (Phi) is 9.53. The van der Waals surface area contributed by atoms with E-state index < -0.39 is 0 Å². The second-order valence-corrected chi connectivity index (χ2v) is 8.16. The molecule has 0 amide bonds. The van der Waals surface area contributed by atoms with E-state index in [0.29, 0.717) is 60.4 Å². The first-order valence-electron chi connectivity index (χ1n) is 11.7. The van der Waals surface area contributed by atoms with E-state index in [9.17, 15) is 9.59 Å². The average molecular weight is 496 g/mol. The van der Waals surface area contributed by atoms with E-state index >= 15 is 0 Å². The van der Waals surface area contributed by atoms with Crippen LogP contribution >= 0.6 is 0 Å². The molecule has 0 saturated carbocycles. The summed E-state index contributed by atoms with van der Waals surface area (Å²) >= 11 is 0. The second-order valence-electron chi connectivity index (χ2n) is 8.16. The molecule has 1 heterocycles. The molecular formula is C28H33NO7. The Morgan fingerprint density at radius 1 is 0.806 bits per heavy atom. The molecule has 3 rings (SSSR count). The lowest BCUT2D eigenvalue weighted by Crippen LogP contribution is -2.39. The first-order valence-corrected chi connectivity index (χ1v) is 11.7. The van der Waals surface area contributed by atoms with Crippen molar-refractivity contribution in [2.75, 3.05) is 54.7 Å². The van der Waals surface area contributed by atoms with Gasteiger partial charge in [0.1, 0.15) is 0 Å². The van der Waals surface area contributed by atoms with Crippen LogP contribution in [0.3, 0.4) is 0 Å². The van der Waals surface area contributed by atoms with Crippen LogP contribution in [0.4, 0.5) is 0 Å².